The van der Waals surface area contributed by atoms with E-state index in [0.29, 0.717) is 91.3 Å². The van der Waals surface area contributed by atoms with Crippen LogP contribution in [0.2, 0.25) is 0 Å². The Kier molecular flexibility index (Phi) is 53.4. The zero-order chi connectivity index (χ0) is 98.8. The van der Waals surface area contributed by atoms with Gasteiger partial charge in [0.2, 0.25) is 29.1 Å². The van der Waals surface area contributed by atoms with Crippen molar-refractivity contribution in [3.05, 3.63) is 121 Å². The fraction of sp³-hybridized carbons (Fsp3) is 0.397. The summed E-state index contributed by atoms with van der Waals surface area (Å²) in [5.41, 5.74) is 14.0. The first kappa shape index (κ1) is 125. The summed E-state index contributed by atoms with van der Waals surface area (Å²) in [5, 5.41) is 127. The van der Waals surface area contributed by atoms with Crippen LogP contribution in [-0.2, 0) is 101 Å². The molecule has 14 heterocycles. The molecule has 0 aliphatic heterocycles. The van der Waals surface area contributed by atoms with Gasteiger partial charge in [0.15, 0.2) is 57.1 Å². The average Bonchev–Trinajstić information content (AvgIpc) is 1.64. The predicted octanol–water partition coefficient (Wildman–Crippen LogP) is -8.16. The van der Waals surface area contributed by atoms with E-state index >= 15 is 0 Å². The molecule has 75 heteroatoms. The van der Waals surface area contributed by atoms with Gasteiger partial charge < -0.3 is 47.7 Å². The van der Waals surface area contributed by atoms with Gasteiger partial charge in [-0.1, -0.05) is 101 Å². The van der Waals surface area contributed by atoms with Crippen LogP contribution in [0, 0.1) is 20.8 Å². The Morgan fingerprint density at radius 2 is 0.551 bits per heavy atom. The minimum absolute atomic E-state index is 0. The van der Waals surface area contributed by atoms with E-state index in [1.54, 1.807) is 48.5 Å². The second-order valence-corrected chi connectivity index (χ2v) is 25.2. The van der Waals surface area contributed by atoms with E-state index in [1.165, 1.54) is 67.5 Å². The van der Waals surface area contributed by atoms with Gasteiger partial charge in [0.1, 0.15) is 91.5 Å². The quantitative estimate of drug-likeness (QED) is 0.00955. The molecule has 14 aromatic heterocycles. The molecule has 0 aliphatic carbocycles. The standard InChI is InChI=1S/3C8H8N4O4.C7H9N3O3.C7H11N3O2.C6H6N4O3.C5H5N5O3.2C5H7N3O2.C4F6O3.3Na.3H2O/c3*1-4(13)3-5-6(10-16-9-5)7-11-15-8(14)12(7)2;1-4(11)3-6-7(5(2)8-12)10-13-9-6;1-3-4-6-7(5(2)8-11)10-12-9-6;1-3-4(8-13-7-3)5-9-12-6(11)10(5)2;1-10-4(9-12-5(10)11)2-3(6)8-13-7-2;2*1-3(6-9)5-4(2)7-10-8-5;5-3(6,7)1(11)13-2(12)4(8,9)10;;;;;;/h3*3H2,1-2H3;12H,3H2,1-2H3;11H,3-4H2,1-2H3;1-2H3;1H3,(H2,6,8);2*9H,1-2H3;;;;;3*1H2/q;;;;;;;;;;3*+1;;;/p-3. The zero-order valence-corrected chi connectivity index (χ0v) is 81.1. The third kappa shape index (κ3) is 36.3. The van der Waals surface area contributed by atoms with Gasteiger partial charge in [0, 0.05) is 35.2 Å². The SMILES string of the molecule is CC(=NO)c1nonc1C.CC(=NO)c1nonc1C.CC(=O)Cc1nonc1-c1noc(=O)n1C.CC(=O)Cc1nonc1-c1noc(=O)n1C.CC(=O)Cc1nonc1-c1noc(=O)n1C.CC(=O)Cc1nonc1C(C)=NO.CCCc1nonc1C(C)=NO.Cc1nonc1-c1noc(=O)n1C.Cn1c(-c2nonc2N)noc1=O.O=C(OC(=O)C(F)(F)F)C(F)(F)F.[Na+].[Na+].[Na+].[OH-].[OH-].[OH-]. The second kappa shape index (κ2) is 58.9. The first-order valence-corrected chi connectivity index (χ1v) is 35.5. The summed E-state index contributed by atoms with van der Waals surface area (Å²) in [7, 11) is 7.42. The molecule has 0 aromatic carbocycles. The molecular formula is C63H72F6N33Na3O33. The first-order chi connectivity index (χ1) is 62.2. The Morgan fingerprint density at radius 1 is 0.326 bits per heavy atom. The van der Waals surface area contributed by atoms with Crippen molar-refractivity contribution in [2.24, 2.45) is 55.9 Å². The van der Waals surface area contributed by atoms with Crippen molar-refractivity contribution in [1.29, 1.82) is 0 Å². The summed E-state index contributed by atoms with van der Waals surface area (Å²) in [6, 6.07) is 0. The van der Waals surface area contributed by atoms with Crippen LogP contribution in [0.25, 0.3) is 57.6 Å². The number of nitrogens with zero attached hydrogens (tertiary/aromatic N) is 32. The number of anilines is 1. The average molecular weight is 2000 g/mol. The van der Waals surface area contributed by atoms with Gasteiger partial charge in [-0.05, 0) is 134 Å². The van der Waals surface area contributed by atoms with Gasteiger partial charge >= 0.3 is 142 Å². The molecule has 732 valence electrons. The monoisotopic (exact) mass is 2000 g/mol. The summed E-state index contributed by atoms with van der Waals surface area (Å²) in [6.07, 6.45) is -9.17. The molecule has 0 spiro atoms. The molecular weight excluding hydrogens is 1930 g/mol. The molecule has 0 saturated heterocycles. The first-order valence-electron chi connectivity index (χ1n) is 35.5. The largest absolute Gasteiger partial charge is 1.00 e. The Morgan fingerprint density at radius 3 is 0.797 bits per heavy atom. The summed E-state index contributed by atoms with van der Waals surface area (Å²) in [5.74, 6) is -8.63. The van der Waals surface area contributed by atoms with Crippen molar-refractivity contribution < 1.29 is 250 Å². The molecule has 0 amide bonds. The number of esters is 2. The van der Waals surface area contributed by atoms with Crippen LogP contribution in [0.4, 0.5) is 32.2 Å². The van der Waals surface area contributed by atoms with E-state index < -0.39 is 53.1 Å². The van der Waals surface area contributed by atoms with E-state index in [0.717, 1.165) is 36.8 Å². The number of nitrogens with two attached hydrogens (primary N) is 1. The Bertz CT molecular complexity index is 6230. The van der Waals surface area contributed by atoms with Crippen LogP contribution < -0.4 is 123 Å². The third-order valence-electron chi connectivity index (χ3n) is 15.1. The molecule has 0 fully saturated rings. The number of hydrogen-bond donors (Lipinski definition) is 5. The van der Waals surface area contributed by atoms with Crippen LogP contribution >= 0.6 is 0 Å². The summed E-state index contributed by atoms with van der Waals surface area (Å²) >= 11 is 0. The van der Waals surface area contributed by atoms with E-state index in [4.69, 9.17) is 26.6 Å². The van der Waals surface area contributed by atoms with Crippen molar-refractivity contribution in [3.8, 4) is 57.6 Å². The molecule has 0 atom stereocenters. The van der Waals surface area contributed by atoms with Crippen LogP contribution in [0.3, 0.4) is 0 Å². The third-order valence-corrected chi connectivity index (χ3v) is 15.1. The number of Topliss-reactive ketones (excluding diaryl/α,β-unsaturated/α-hetero) is 4. The van der Waals surface area contributed by atoms with Gasteiger partial charge in [0.25, 0.3) is 0 Å². The number of oxime groups is 4. The molecule has 9 N–H and O–H groups in total. The van der Waals surface area contributed by atoms with Crippen molar-refractivity contribution in [2.45, 2.75) is 134 Å². The molecule has 0 unspecified atom stereocenters. The number of nitrogen functional groups attached to an aromatic ring is 1. The number of ether oxygens (including phenoxy) is 1. The number of rotatable bonds is 19. The molecule has 14 rings (SSSR count). The number of aryl methyl sites for hydroxylation is 4. The Labute approximate surface area is 824 Å². The number of aromatic nitrogens is 28. The minimum atomic E-state index is -5.62. The topological polar surface area (TPSA) is 948 Å². The molecule has 66 nitrogen and oxygen atoms in total. The fourth-order valence-electron chi connectivity index (χ4n) is 8.66. The predicted molar refractivity (Wildman–Crippen MR) is 408 cm³/mol. The molecule has 0 aliphatic rings. The zero-order valence-electron chi connectivity index (χ0n) is 75.1. The number of carbonyl (C=O) groups excluding carboxylic acids is 6. The van der Waals surface area contributed by atoms with Crippen molar-refractivity contribution in [1.82, 2.24) is 141 Å². The van der Waals surface area contributed by atoms with Crippen LogP contribution in [0.5, 0.6) is 0 Å². The van der Waals surface area contributed by atoms with Gasteiger partial charge in [-0.15, -0.1) is 0 Å². The summed E-state index contributed by atoms with van der Waals surface area (Å²) in [4.78, 5) is 118. The van der Waals surface area contributed by atoms with Crippen molar-refractivity contribution in [3.63, 3.8) is 0 Å². The summed E-state index contributed by atoms with van der Waals surface area (Å²) < 4.78 is 138. The van der Waals surface area contributed by atoms with Crippen LogP contribution in [0.1, 0.15) is 137 Å². The van der Waals surface area contributed by atoms with Crippen LogP contribution in [-0.4, -0.2) is 249 Å². The van der Waals surface area contributed by atoms with Gasteiger partial charge in [-0.25, -0.2) is 75.2 Å². The molecule has 0 bridgehead atoms. The van der Waals surface area contributed by atoms with Crippen molar-refractivity contribution >= 4 is 63.7 Å². The number of halogens is 6. The second-order valence-electron chi connectivity index (χ2n) is 25.2. The maximum Gasteiger partial charge on any atom is 1.00 e. The molecule has 138 heavy (non-hydrogen) atoms. The number of alkyl halides is 6. The maximum absolute atomic E-state index is 11.2. The molecule has 14 aromatic rings. The van der Waals surface area contributed by atoms with E-state index in [1.807, 2.05) is 6.92 Å². The van der Waals surface area contributed by atoms with Crippen LogP contribution in [0.15, 0.2) is 109 Å². The number of carbonyl (C=O) groups is 6. The van der Waals surface area contributed by atoms with Gasteiger partial charge in [-0.3, -0.25) is 64.6 Å². The van der Waals surface area contributed by atoms with E-state index in [2.05, 4.69) is 208 Å². The van der Waals surface area contributed by atoms with E-state index in [9.17, 15) is 79.1 Å². The fourth-order valence-corrected chi connectivity index (χ4v) is 8.66. The van der Waals surface area contributed by atoms with Crippen molar-refractivity contribution in [2.75, 3.05) is 5.73 Å². The van der Waals surface area contributed by atoms with E-state index in [-0.39, 0.29) is 212 Å². The van der Waals surface area contributed by atoms with Gasteiger partial charge in [-0.2, -0.15) is 26.3 Å². The Balaban J connectivity index is 0. The smallest absolute Gasteiger partial charge is 0.870 e. The van der Waals surface area contributed by atoms with Gasteiger partial charge in [0.05, 0.1) is 25.7 Å². The molecule has 0 radical (unpaired) electrons. The maximum atomic E-state index is 11.2. The minimum Gasteiger partial charge on any atom is -0.870 e. The molecule has 0 saturated carbocycles. The number of ketones is 4. The normalized spacial score (nSPS) is 10.7. The summed E-state index contributed by atoms with van der Waals surface area (Å²) in [6.45, 7) is 19.3. The number of hydrogen-bond acceptors (Lipinski definition) is 61. The Hall–Kier alpha value is -15.1.